The molecule has 1 aromatic heterocycles. The molecule has 0 spiro atoms. The number of aromatic nitrogens is 1. The van der Waals surface area contributed by atoms with Crippen LogP contribution in [0.5, 0.6) is 5.75 Å². The Morgan fingerprint density at radius 1 is 1.37 bits per heavy atom. The number of nitrogens with one attached hydrogen (secondary N) is 1. The summed E-state index contributed by atoms with van der Waals surface area (Å²) in [4.78, 5) is 16.5. The Morgan fingerprint density at radius 3 is 2.63 bits per heavy atom. The van der Waals surface area contributed by atoms with Gasteiger partial charge in [-0.05, 0) is 38.1 Å². The van der Waals surface area contributed by atoms with E-state index in [-0.39, 0.29) is 5.97 Å². The lowest BCUT2D eigenvalue weighted by Crippen LogP contribution is -2.44. The number of hydrogen-bond acceptors (Lipinski definition) is 5. The Bertz CT molecular complexity index is 425. The first-order chi connectivity index (χ1) is 9.20. The fourth-order valence-corrected chi connectivity index (χ4v) is 2.56. The third-order valence-corrected chi connectivity index (χ3v) is 3.73. The van der Waals surface area contributed by atoms with Gasteiger partial charge in [0.25, 0.3) is 0 Å². The normalized spacial score (nSPS) is 17.8. The molecular weight excluding hydrogens is 244 g/mol. The molecule has 0 amide bonds. The minimum Gasteiger partial charge on any atom is -0.495 e. The second kappa shape index (κ2) is 6.02. The Hall–Kier alpha value is -1.62. The van der Waals surface area contributed by atoms with Crippen molar-refractivity contribution in [3.05, 3.63) is 24.0 Å². The van der Waals surface area contributed by atoms with Gasteiger partial charge in [-0.3, -0.25) is 9.78 Å². The van der Waals surface area contributed by atoms with Crippen molar-refractivity contribution in [1.82, 2.24) is 10.3 Å². The Balaban J connectivity index is 2.17. The zero-order valence-electron chi connectivity index (χ0n) is 11.4. The molecule has 104 valence electrons. The van der Waals surface area contributed by atoms with Crippen LogP contribution in [0.3, 0.4) is 0 Å². The molecule has 1 N–H and O–H groups in total. The molecule has 0 aromatic carbocycles. The summed E-state index contributed by atoms with van der Waals surface area (Å²) in [5.41, 5.74) is 0.454. The summed E-state index contributed by atoms with van der Waals surface area (Å²) in [6.07, 6.45) is 3.87. The van der Waals surface area contributed by atoms with Crippen LogP contribution < -0.4 is 10.1 Å². The average Bonchev–Trinajstić information content (AvgIpc) is 2.48. The van der Waals surface area contributed by atoms with E-state index in [1.165, 1.54) is 7.11 Å². The topological polar surface area (TPSA) is 60.5 Å². The minimum absolute atomic E-state index is 0.133. The molecule has 19 heavy (non-hydrogen) atoms. The first-order valence-corrected chi connectivity index (χ1v) is 6.48. The minimum atomic E-state index is -0.443. The van der Waals surface area contributed by atoms with E-state index in [2.05, 4.69) is 10.3 Å². The molecule has 0 unspecified atom stereocenters. The van der Waals surface area contributed by atoms with Crippen molar-refractivity contribution < 1.29 is 14.3 Å². The fraction of sp³-hybridized carbons (Fsp3) is 0.571. The van der Waals surface area contributed by atoms with Gasteiger partial charge in [0.15, 0.2) is 0 Å². The largest absolute Gasteiger partial charge is 0.495 e. The fourth-order valence-electron chi connectivity index (χ4n) is 2.56. The summed E-state index contributed by atoms with van der Waals surface area (Å²) in [5, 5.41) is 3.27. The van der Waals surface area contributed by atoms with E-state index in [9.17, 15) is 4.79 Å². The van der Waals surface area contributed by atoms with E-state index in [1.807, 2.05) is 12.1 Å². The number of methoxy groups -OCH3 is 2. The number of pyridine rings is 1. The molecule has 1 aromatic rings. The molecule has 1 fully saturated rings. The number of piperidine rings is 1. The van der Waals surface area contributed by atoms with Crippen LogP contribution in [0.2, 0.25) is 0 Å². The molecule has 0 bridgehead atoms. The van der Waals surface area contributed by atoms with Crippen LogP contribution in [0.4, 0.5) is 0 Å². The van der Waals surface area contributed by atoms with Crippen LogP contribution in [0.1, 0.15) is 18.5 Å². The molecule has 1 aliphatic rings. The SMILES string of the molecule is COC(=O)C1(Cc2ccc(OC)cn2)CCNCC1. The van der Waals surface area contributed by atoms with Crippen molar-refractivity contribution >= 4 is 5.97 Å². The Labute approximate surface area is 113 Å². The molecule has 0 aliphatic carbocycles. The maximum absolute atomic E-state index is 12.1. The smallest absolute Gasteiger partial charge is 0.312 e. The number of hydrogen-bond donors (Lipinski definition) is 1. The van der Waals surface area contributed by atoms with Crippen molar-refractivity contribution in [2.45, 2.75) is 19.3 Å². The number of carbonyl (C=O) groups is 1. The van der Waals surface area contributed by atoms with Gasteiger partial charge in [0, 0.05) is 12.1 Å². The third kappa shape index (κ3) is 3.04. The summed E-state index contributed by atoms with van der Waals surface area (Å²) >= 11 is 0. The monoisotopic (exact) mass is 264 g/mol. The molecular formula is C14H20N2O3. The summed E-state index contributed by atoms with van der Waals surface area (Å²) in [6.45, 7) is 1.68. The number of carbonyl (C=O) groups excluding carboxylic acids is 1. The maximum Gasteiger partial charge on any atom is 0.312 e. The second-order valence-corrected chi connectivity index (χ2v) is 4.89. The van der Waals surface area contributed by atoms with Gasteiger partial charge in [-0.1, -0.05) is 0 Å². The van der Waals surface area contributed by atoms with Gasteiger partial charge in [-0.15, -0.1) is 0 Å². The number of nitrogens with zero attached hydrogens (tertiary/aromatic N) is 1. The number of esters is 1. The quantitative estimate of drug-likeness (QED) is 0.827. The van der Waals surface area contributed by atoms with E-state index < -0.39 is 5.41 Å². The highest BCUT2D eigenvalue weighted by Gasteiger charge is 2.41. The number of ether oxygens (including phenoxy) is 2. The molecule has 0 atom stereocenters. The maximum atomic E-state index is 12.1. The van der Waals surface area contributed by atoms with Crippen molar-refractivity contribution in [2.24, 2.45) is 5.41 Å². The highest BCUT2D eigenvalue weighted by molar-refractivity contribution is 5.77. The molecule has 0 saturated carbocycles. The van der Waals surface area contributed by atoms with Crippen LogP contribution in [0, 0.1) is 5.41 Å². The Kier molecular flexibility index (Phi) is 4.37. The highest BCUT2D eigenvalue weighted by Crippen LogP contribution is 2.34. The predicted octanol–water partition coefficient (Wildman–Crippen LogP) is 1.18. The van der Waals surface area contributed by atoms with Gasteiger partial charge >= 0.3 is 5.97 Å². The highest BCUT2D eigenvalue weighted by atomic mass is 16.5. The van der Waals surface area contributed by atoms with E-state index in [4.69, 9.17) is 9.47 Å². The Morgan fingerprint density at radius 2 is 2.11 bits per heavy atom. The first kappa shape index (κ1) is 13.8. The van der Waals surface area contributed by atoms with Crippen LogP contribution in [0.15, 0.2) is 18.3 Å². The van der Waals surface area contributed by atoms with E-state index in [0.717, 1.165) is 37.4 Å². The van der Waals surface area contributed by atoms with Crippen LogP contribution >= 0.6 is 0 Å². The lowest BCUT2D eigenvalue weighted by atomic mass is 9.75. The van der Waals surface area contributed by atoms with Crippen LogP contribution in [-0.2, 0) is 16.0 Å². The zero-order chi connectivity index (χ0) is 13.7. The molecule has 1 aliphatic heterocycles. The van der Waals surface area contributed by atoms with Gasteiger partial charge < -0.3 is 14.8 Å². The molecule has 5 heteroatoms. The molecule has 0 radical (unpaired) electrons. The standard InChI is InChI=1S/C14H20N2O3/c1-18-12-4-3-11(16-10-12)9-14(13(17)19-2)5-7-15-8-6-14/h3-4,10,15H,5-9H2,1-2H3. The van der Waals surface area contributed by atoms with Crippen LogP contribution in [0.25, 0.3) is 0 Å². The van der Waals surface area contributed by atoms with E-state index >= 15 is 0 Å². The van der Waals surface area contributed by atoms with E-state index in [1.54, 1.807) is 13.3 Å². The number of rotatable bonds is 4. The van der Waals surface area contributed by atoms with Gasteiger partial charge in [0.1, 0.15) is 5.75 Å². The van der Waals surface area contributed by atoms with Crippen LogP contribution in [-0.4, -0.2) is 38.3 Å². The van der Waals surface area contributed by atoms with E-state index in [0.29, 0.717) is 6.42 Å². The summed E-state index contributed by atoms with van der Waals surface area (Å²) in [7, 11) is 3.06. The first-order valence-electron chi connectivity index (χ1n) is 6.48. The van der Waals surface area contributed by atoms with Gasteiger partial charge in [-0.25, -0.2) is 0 Å². The van der Waals surface area contributed by atoms with Gasteiger partial charge in [-0.2, -0.15) is 0 Å². The molecule has 2 rings (SSSR count). The summed E-state index contributed by atoms with van der Waals surface area (Å²) in [6, 6.07) is 3.78. The van der Waals surface area contributed by atoms with Crippen molar-refractivity contribution in [3.63, 3.8) is 0 Å². The van der Waals surface area contributed by atoms with Gasteiger partial charge in [0.05, 0.1) is 25.8 Å². The van der Waals surface area contributed by atoms with Gasteiger partial charge in [0.2, 0.25) is 0 Å². The van der Waals surface area contributed by atoms with Crippen molar-refractivity contribution in [2.75, 3.05) is 27.3 Å². The molecule has 5 nitrogen and oxygen atoms in total. The summed E-state index contributed by atoms with van der Waals surface area (Å²) < 4.78 is 10.1. The lowest BCUT2D eigenvalue weighted by Gasteiger charge is -2.34. The average molecular weight is 264 g/mol. The molecule has 2 heterocycles. The lowest BCUT2D eigenvalue weighted by molar-refractivity contribution is -0.154. The third-order valence-electron chi connectivity index (χ3n) is 3.73. The zero-order valence-corrected chi connectivity index (χ0v) is 11.4. The van der Waals surface area contributed by atoms with Crippen molar-refractivity contribution in [1.29, 1.82) is 0 Å². The predicted molar refractivity (Wildman–Crippen MR) is 71.0 cm³/mol. The summed E-state index contributed by atoms with van der Waals surface area (Å²) in [5.74, 6) is 0.591. The molecule has 1 saturated heterocycles. The second-order valence-electron chi connectivity index (χ2n) is 4.89. The van der Waals surface area contributed by atoms with Crippen molar-refractivity contribution in [3.8, 4) is 5.75 Å².